The summed E-state index contributed by atoms with van der Waals surface area (Å²) in [6, 6.07) is 3.78. The average Bonchev–Trinajstić information content (AvgIpc) is 3.66. The number of carbonyl (C=O) groups excluding carboxylic acids is 2. The lowest BCUT2D eigenvalue weighted by Crippen LogP contribution is -2.54. The third kappa shape index (κ3) is 4.68. The molecule has 1 amide bonds. The number of esters is 1. The van der Waals surface area contributed by atoms with Crippen LogP contribution in [0.25, 0.3) is 10.9 Å². The van der Waals surface area contributed by atoms with Crippen LogP contribution in [0.3, 0.4) is 0 Å². The Morgan fingerprint density at radius 1 is 1.12 bits per heavy atom. The van der Waals surface area contributed by atoms with Crippen molar-refractivity contribution in [3.63, 3.8) is 0 Å². The number of rotatable bonds is 8. The first-order valence-electron chi connectivity index (χ1n) is 11.5. The molecule has 2 heterocycles. The summed E-state index contributed by atoms with van der Waals surface area (Å²) < 4.78 is 16.5. The Kier molecular flexibility index (Phi) is 6.88. The number of benzene rings is 1. The van der Waals surface area contributed by atoms with Gasteiger partial charge in [0.1, 0.15) is 22.6 Å². The van der Waals surface area contributed by atoms with Gasteiger partial charge in [0.2, 0.25) is 5.91 Å². The molecule has 1 aromatic heterocycles. The zero-order chi connectivity index (χ0) is 23.5. The highest BCUT2D eigenvalue weighted by atomic mass is 16.5. The standard InChI is InChI=1S/C24H32N4O5/c1-5-33-24(30)17-14-25-21-19(32-4)9-8-18(31-3)20(21)22(17)28-12-10-27(11-13-28)15(2)23(29)26-16-6-7-16/h8-9,14-16H,5-7,10-13H2,1-4H3,(H,26,29). The summed E-state index contributed by atoms with van der Waals surface area (Å²) in [6.07, 6.45) is 3.70. The molecule has 1 saturated heterocycles. The fourth-order valence-electron chi connectivity index (χ4n) is 4.31. The topological polar surface area (TPSA) is 93.2 Å². The average molecular weight is 457 g/mol. The van der Waals surface area contributed by atoms with E-state index in [9.17, 15) is 9.59 Å². The smallest absolute Gasteiger partial charge is 0.341 e. The van der Waals surface area contributed by atoms with Crippen LogP contribution in [0.15, 0.2) is 18.3 Å². The predicted molar refractivity (Wildman–Crippen MR) is 125 cm³/mol. The monoisotopic (exact) mass is 456 g/mol. The number of carbonyl (C=O) groups is 2. The number of ether oxygens (including phenoxy) is 3. The SMILES string of the molecule is CCOC(=O)c1cnc2c(OC)ccc(OC)c2c1N1CCN(C(C)C(=O)NC2CC2)CC1. The van der Waals surface area contributed by atoms with Crippen LogP contribution in [0.5, 0.6) is 11.5 Å². The van der Waals surface area contributed by atoms with Crippen molar-refractivity contribution in [3.8, 4) is 11.5 Å². The number of fused-ring (bicyclic) bond motifs is 1. The minimum Gasteiger partial charge on any atom is -0.496 e. The van der Waals surface area contributed by atoms with Gasteiger partial charge in [-0.05, 0) is 38.8 Å². The fourth-order valence-corrected chi connectivity index (χ4v) is 4.31. The summed E-state index contributed by atoms with van der Waals surface area (Å²) in [5, 5.41) is 3.81. The Labute approximate surface area is 194 Å². The Balaban J connectivity index is 1.67. The zero-order valence-corrected chi connectivity index (χ0v) is 19.7. The summed E-state index contributed by atoms with van der Waals surface area (Å²) in [6.45, 7) is 6.68. The van der Waals surface area contributed by atoms with Crippen molar-refractivity contribution in [1.29, 1.82) is 0 Å². The van der Waals surface area contributed by atoms with E-state index in [1.807, 2.05) is 13.0 Å². The lowest BCUT2D eigenvalue weighted by molar-refractivity contribution is -0.126. The number of hydrogen-bond acceptors (Lipinski definition) is 8. The third-order valence-corrected chi connectivity index (χ3v) is 6.33. The van der Waals surface area contributed by atoms with E-state index in [-0.39, 0.29) is 18.6 Å². The first-order valence-corrected chi connectivity index (χ1v) is 11.5. The van der Waals surface area contributed by atoms with Crippen molar-refractivity contribution in [2.24, 2.45) is 0 Å². The van der Waals surface area contributed by atoms with Crippen LogP contribution in [0.1, 0.15) is 37.0 Å². The molecule has 1 atom stereocenters. The van der Waals surface area contributed by atoms with Crippen LogP contribution in [-0.4, -0.2) is 80.8 Å². The Morgan fingerprint density at radius 3 is 2.39 bits per heavy atom. The molecule has 0 radical (unpaired) electrons. The van der Waals surface area contributed by atoms with Gasteiger partial charge in [-0.25, -0.2) is 4.79 Å². The minimum absolute atomic E-state index is 0.0823. The number of piperazine rings is 1. The van der Waals surface area contributed by atoms with Crippen LogP contribution in [0.2, 0.25) is 0 Å². The number of methoxy groups -OCH3 is 2. The fraction of sp³-hybridized carbons (Fsp3) is 0.542. The molecule has 178 valence electrons. The van der Waals surface area contributed by atoms with Gasteiger partial charge in [0.15, 0.2) is 0 Å². The Bertz CT molecular complexity index is 1030. The van der Waals surface area contributed by atoms with Crippen molar-refractivity contribution >= 4 is 28.5 Å². The molecule has 1 unspecified atom stereocenters. The zero-order valence-electron chi connectivity index (χ0n) is 19.7. The molecular formula is C24H32N4O5. The molecule has 9 heteroatoms. The van der Waals surface area contributed by atoms with Crippen molar-refractivity contribution < 1.29 is 23.8 Å². The number of amides is 1. The molecular weight excluding hydrogens is 424 g/mol. The quantitative estimate of drug-likeness (QED) is 0.605. The molecule has 2 aromatic rings. The van der Waals surface area contributed by atoms with Gasteiger partial charge < -0.3 is 24.4 Å². The molecule has 2 aliphatic rings. The number of nitrogens with zero attached hydrogens (tertiary/aromatic N) is 3. The van der Waals surface area contributed by atoms with Crippen LogP contribution in [0.4, 0.5) is 5.69 Å². The molecule has 0 spiro atoms. The summed E-state index contributed by atoms with van der Waals surface area (Å²) >= 11 is 0. The van der Waals surface area contributed by atoms with Gasteiger partial charge in [0.25, 0.3) is 0 Å². The van der Waals surface area contributed by atoms with E-state index in [0.29, 0.717) is 54.8 Å². The highest BCUT2D eigenvalue weighted by Gasteiger charge is 2.32. The molecule has 1 aliphatic carbocycles. The van der Waals surface area contributed by atoms with E-state index < -0.39 is 5.97 Å². The predicted octanol–water partition coefficient (Wildman–Crippen LogP) is 2.22. The van der Waals surface area contributed by atoms with E-state index in [1.165, 1.54) is 0 Å². The first-order chi connectivity index (χ1) is 16.0. The molecule has 1 N–H and O–H groups in total. The summed E-state index contributed by atoms with van der Waals surface area (Å²) in [5.74, 6) is 0.871. The van der Waals surface area contributed by atoms with E-state index in [0.717, 1.165) is 23.9 Å². The molecule has 2 fully saturated rings. The third-order valence-electron chi connectivity index (χ3n) is 6.33. The first kappa shape index (κ1) is 23.1. The second-order valence-electron chi connectivity index (χ2n) is 8.42. The van der Waals surface area contributed by atoms with Crippen LogP contribution < -0.4 is 19.7 Å². The lowest BCUT2D eigenvalue weighted by atomic mass is 10.0. The van der Waals surface area contributed by atoms with E-state index in [4.69, 9.17) is 14.2 Å². The molecule has 0 bridgehead atoms. The molecule has 1 aromatic carbocycles. The Morgan fingerprint density at radius 2 is 1.79 bits per heavy atom. The van der Waals surface area contributed by atoms with Gasteiger partial charge in [0, 0.05) is 38.4 Å². The molecule has 9 nitrogen and oxygen atoms in total. The van der Waals surface area contributed by atoms with Crippen molar-refractivity contribution in [3.05, 3.63) is 23.9 Å². The minimum atomic E-state index is -0.425. The second-order valence-corrected chi connectivity index (χ2v) is 8.42. The van der Waals surface area contributed by atoms with E-state index >= 15 is 0 Å². The van der Waals surface area contributed by atoms with Gasteiger partial charge >= 0.3 is 5.97 Å². The van der Waals surface area contributed by atoms with Crippen LogP contribution >= 0.6 is 0 Å². The van der Waals surface area contributed by atoms with Gasteiger partial charge in [-0.1, -0.05) is 0 Å². The van der Waals surface area contributed by atoms with Crippen LogP contribution in [-0.2, 0) is 9.53 Å². The highest BCUT2D eigenvalue weighted by Crippen LogP contribution is 2.41. The second kappa shape index (κ2) is 9.82. The van der Waals surface area contributed by atoms with Gasteiger partial charge in [0.05, 0.1) is 37.9 Å². The lowest BCUT2D eigenvalue weighted by Gasteiger charge is -2.39. The normalized spacial score (nSPS) is 17.5. The molecule has 1 saturated carbocycles. The largest absolute Gasteiger partial charge is 0.496 e. The van der Waals surface area contributed by atoms with Crippen molar-refractivity contribution in [1.82, 2.24) is 15.2 Å². The maximum atomic E-state index is 12.9. The summed E-state index contributed by atoms with van der Waals surface area (Å²) in [5.41, 5.74) is 1.74. The summed E-state index contributed by atoms with van der Waals surface area (Å²) in [7, 11) is 3.19. The number of nitrogens with one attached hydrogen (secondary N) is 1. The maximum absolute atomic E-state index is 12.9. The van der Waals surface area contributed by atoms with Gasteiger partial charge in [-0.3, -0.25) is 14.7 Å². The Hall–Kier alpha value is -3.07. The number of aromatic nitrogens is 1. The number of hydrogen-bond donors (Lipinski definition) is 1. The van der Waals surface area contributed by atoms with Crippen molar-refractivity contribution in [2.75, 3.05) is 51.9 Å². The number of pyridine rings is 1. The molecule has 33 heavy (non-hydrogen) atoms. The molecule has 1 aliphatic heterocycles. The summed E-state index contributed by atoms with van der Waals surface area (Å²) in [4.78, 5) is 34.2. The van der Waals surface area contributed by atoms with E-state index in [1.54, 1.807) is 33.4 Å². The van der Waals surface area contributed by atoms with E-state index in [2.05, 4.69) is 20.1 Å². The van der Waals surface area contributed by atoms with Crippen molar-refractivity contribution in [2.45, 2.75) is 38.8 Å². The van der Waals surface area contributed by atoms with Crippen LogP contribution in [0, 0.1) is 0 Å². The van der Waals surface area contributed by atoms with Gasteiger partial charge in [-0.2, -0.15) is 0 Å². The highest BCUT2D eigenvalue weighted by molar-refractivity contribution is 6.09. The maximum Gasteiger partial charge on any atom is 0.341 e. The van der Waals surface area contributed by atoms with Gasteiger partial charge in [-0.15, -0.1) is 0 Å². The molecule has 4 rings (SSSR count). The number of anilines is 1.